The van der Waals surface area contributed by atoms with Crippen molar-refractivity contribution in [2.24, 2.45) is 0 Å². The Bertz CT molecular complexity index is 742. The third kappa shape index (κ3) is 5.47. The number of benzene rings is 1. The molecule has 6 nitrogen and oxygen atoms in total. The highest BCUT2D eigenvalue weighted by Gasteiger charge is 2.37. The van der Waals surface area contributed by atoms with Gasteiger partial charge in [-0.1, -0.05) is 25.5 Å². The van der Waals surface area contributed by atoms with E-state index in [1.807, 2.05) is 31.2 Å². The molecule has 1 amide bonds. The van der Waals surface area contributed by atoms with Crippen molar-refractivity contribution in [2.45, 2.75) is 77.0 Å². The first-order valence-electron chi connectivity index (χ1n) is 10.5. The number of sulfonamides is 1. The Labute approximate surface area is 168 Å². The summed E-state index contributed by atoms with van der Waals surface area (Å²) < 4.78 is 32.1. The fourth-order valence-corrected chi connectivity index (χ4v) is 5.83. The molecule has 1 aromatic rings. The molecule has 3 rings (SSSR count). The van der Waals surface area contributed by atoms with Crippen molar-refractivity contribution >= 4 is 15.9 Å². The summed E-state index contributed by atoms with van der Waals surface area (Å²) in [4.78, 5) is 12.6. The van der Waals surface area contributed by atoms with Gasteiger partial charge in [0.05, 0.1) is 11.9 Å². The lowest BCUT2D eigenvalue weighted by atomic mass is 9.98. The zero-order valence-electron chi connectivity index (χ0n) is 16.7. The van der Waals surface area contributed by atoms with Crippen LogP contribution in [0.4, 0.5) is 0 Å². The maximum absolute atomic E-state index is 12.6. The van der Waals surface area contributed by atoms with Crippen LogP contribution in [0.25, 0.3) is 0 Å². The van der Waals surface area contributed by atoms with Gasteiger partial charge >= 0.3 is 0 Å². The molecule has 1 unspecified atom stereocenters. The highest BCUT2D eigenvalue weighted by Crippen LogP contribution is 2.24. The first-order chi connectivity index (χ1) is 13.5. The molecule has 1 heterocycles. The van der Waals surface area contributed by atoms with Crippen molar-refractivity contribution in [1.82, 2.24) is 9.62 Å². The highest BCUT2D eigenvalue weighted by molar-refractivity contribution is 7.89. The van der Waals surface area contributed by atoms with Crippen LogP contribution in [0, 0.1) is 0 Å². The van der Waals surface area contributed by atoms with E-state index in [9.17, 15) is 13.2 Å². The monoisotopic (exact) mass is 408 g/mol. The van der Waals surface area contributed by atoms with Gasteiger partial charge in [0.1, 0.15) is 11.8 Å². The summed E-state index contributed by atoms with van der Waals surface area (Å²) in [5, 5.41) is 2.90. The lowest BCUT2D eigenvalue weighted by Crippen LogP contribution is -2.46. The Hall–Kier alpha value is -1.60. The van der Waals surface area contributed by atoms with Crippen molar-refractivity contribution in [3.8, 4) is 5.75 Å². The number of carbonyl (C=O) groups is 1. The highest BCUT2D eigenvalue weighted by atomic mass is 32.2. The van der Waals surface area contributed by atoms with Gasteiger partial charge in [-0.15, -0.1) is 0 Å². The van der Waals surface area contributed by atoms with Crippen molar-refractivity contribution in [3.63, 3.8) is 0 Å². The second kappa shape index (κ2) is 9.74. The molecule has 2 fully saturated rings. The molecule has 2 aliphatic rings. The van der Waals surface area contributed by atoms with E-state index in [0.717, 1.165) is 30.6 Å². The Morgan fingerprint density at radius 1 is 1.11 bits per heavy atom. The van der Waals surface area contributed by atoms with Gasteiger partial charge in [0, 0.05) is 13.1 Å². The molecule has 0 radical (unpaired) electrons. The van der Waals surface area contributed by atoms with E-state index >= 15 is 0 Å². The quantitative estimate of drug-likeness (QED) is 0.717. The summed E-state index contributed by atoms with van der Waals surface area (Å²) in [6, 6.07) is 7.23. The SMILES string of the molecule is CCCS(=O)(=O)N1CCCC1C(=O)NCc1ccc(OC2CCCCC2)cc1. The predicted molar refractivity (Wildman–Crippen MR) is 110 cm³/mol. The van der Waals surface area contributed by atoms with Gasteiger partial charge in [0.25, 0.3) is 0 Å². The molecule has 1 aliphatic heterocycles. The topological polar surface area (TPSA) is 75.7 Å². The number of nitrogens with zero attached hydrogens (tertiary/aromatic N) is 1. The number of rotatable bonds is 8. The largest absolute Gasteiger partial charge is 0.490 e. The number of carbonyl (C=O) groups excluding carboxylic acids is 1. The van der Waals surface area contributed by atoms with Crippen LogP contribution in [0.15, 0.2) is 24.3 Å². The number of nitrogens with one attached hydrogen (secondary N) is 1. The molecular weight excluding hydrogens is 376 g/mol. The van der Waals surface area contributed by atoms with Crippen LogP contribution >= 0.6 is 0 Å². The number of hydrogen-bond acceptors (Lipinski definition) is 4. The summed E-state index contributed by atoms with van der Waals surface area (Å²) >= 11 is 0. The summed E-state index contributed by atoms with van der Waals surface area (Å²) in [6.45, 7) is 2.67. The molecule has 1 N–H and O–H groups in total. The molecule has 28 heavy (non-hydrogen) atoms. The van der Waals surface area contributed by atoms with Crippen molar-refractivity contribution < 1.29 is 17.9 Å². The molecule has 1 aliphatic carbocycles. The van der Waals surface area contributed by atoms with E-state index in [1.165, 1.54) is 23.6 Å². The average Bonchev–Trinajstić information content (AvgIpc) is 3.19. The molecule has 1 saturated heterocycles. The Morgan fingerprint density at radius 2 is 1.82 bits per heavy atom. The third-order valence-electron chi connectivity index (χ3n) is 5.57. The molecule has 1 aromatic carbocycles. The van der Waals surface area contributed by atoms with E-state index in [4.69, 9.17) is 4.74 Å². The van der Waals surface area contributed by atoms with Gasteiger partial charge in [0.15, 0.2) is 0 Å². The smallest absolute Gasteiger partial charge is 0.238 e. The number of ether oxygens (including phenoxy) is 1. The number of hydrogen-bond donors (Lipinski definition) is 1. The Balaban J connectivity index is 1.51. The van der Waals surface area contributed by atoms with Crippen molar-refractivity contribution in [1.29, 1.82) is 0 Å². The van der Waals surface area contributed by atoms with E-state index in [-0.39, 0.29) is 11.7 Å². The molecule has 0 aromatic heterocycles. The predicted octanol–water partition coefficient (Wildman–Crippen LogP) is 3.22. The van der Waals surface area contributed by atoms with Crippen LogP contribution in [0.2, 0.25) is 0 Å². The van der Waals surface area contributed by atoms with Gasteiger partial charge in [-0.3, -0.25) is 4.79 Å². The van der Waals surface area contributed by atoms with E-state index < -0.39 is 16.1 Å². The van der Waals surface area contributed by atoms with E-state index in [1.54, 1.807) is 0 Å². The van der Waals surface area contributed by atoms with Crippen LogP contribution in [0.1, 0.15) is 63.9 Å². The Kier molecular flexibility index (Phi) is 7.35. The van der Waals surface area contributed by atoms with Gasteiger partial charge < -0.3 is 10.1 Å². The lowest BCUT2D eigenvalue weighted by molar-refractivity contribution is -0.124. The summed E-state index contributed by atoms with van der Waals surface area (Å²) in [7, 11) is -3.35. The maximum atomic E-state index is 12.6. The standard InChI is InChI=1S/C21H32N2O4S/c1-2-15-28(25,26)23-14-6-9-20(23)21(24)22-16-17-10-12-19(13-11-17)27-18-7-4-3-5-8-18/h10-13,18,20H,2-9,14-16H2,1H3,(H,22,24). The summed E-state index contributed by atoms with van der Waals surface area (Å²) in [5.74, 6) is 0.758. The minimum atomic E-state index is -3.35. The third-order valence-corrected chi connectivity index (χ3v) is 7.65. The van der Waals surface area contributed by atoms with Crippen LogP contribution in [0.3, 0.4) is 0 Å². The minimum Gasteiger partial charge on any atom is -0.490 e. The fourth-order valence-electron chi connectivity index (χ4n) is 4.08. The van der Waals surface area contributed by atoms with Crippen molar-refractivity contribution in [2.75, 3.05) is 12.3 Å². The molecule has 1 saturated carbocycles. The normalized spacial score (nSPS) is 21.5. The minimum absolute atomic E-state index is 0.0965. The second-order valence-corrected chi connectivity index (χ2v) is 9.87. The molecular formula is C21H32N2O4S. The van der Waals surface area contributed by atoms with Gasteiger partial charge in [-0.25, -0.2) is 8.42 Å². The Morgan fingerprint density at radius 3 is 2.50 bits per heavy atom. The second-order valence-electron chi connectivity index (χ2n) is 7.82. The van der Waals surface area contributed by atoms with Crippen LogP contribution < -0.4 is 10.1 Å². The molecule has 7 heteroatoms. The zero-order chi connectivity index (χ0) is 20.0. The van der Waals surface area contributed by atoms with E-state index in [2.05, 4.69) is 5.32 Å². The molecule has 0 bridgehead atoms. The molecule has 0 spiro atoms. The first kappa shape index (κ1) is 21.1. The van der Waals surface area contributed by atoms with Gasteiger partial charge in [-0.05, 0) is 62.6 Å². The van der Waals surface area contributed by atoms with Crippen LogP contribution in [-0.4, -0.2) is 43.1 Å². The lowest BCUT2D eigenvalue weighted by Gasteiger charge is -2.23. The maximum Gasteiger partial charge on any atom is 0.238 e. The number of amides is 1. The summed E-state index contributed by atoms with van der Waals surface area (Å²) in [5.41, 5.74) is 0.977. The van der Waals surface area contributed by atoms with Crippen molar-refractivity contribution in [3.05, 3.63) is 29.8 Å². The average molecular weight is 409 g/mol. The first-order valence-corrected chi connectivity index (χ1v) is 12.1. The fraction of sp³-hybridized carbons (Fsp3) is 0.667. The van der Waals surface area contributed by atoms with Gasteiger partial charge in [0.2, 0.25) is 15.9 Å². The molecule has 156 valence electrons. The van der Waals surface area contributed by atoms with Crippen LogP contribution in [-0.2, 0) is 21.4 Å². The zero-order valence-corrected chi connectivity index (χ0v) is 17.5. The van der Waals surface area contributed by atoms with Gasteiger partial charge in [-0.2, -0.15) is 4.31 Å². The van der Waals surface area contributed by atoms with E-state index in [0.29, 0.717) is 32.0 Å². The van der Waals surface area contributed by atoms with Crippen LogP contribution in [0.5, 0.6) is 5.75 Å². The summed E-state index contributed by atoms with van der Waals surface area (Å²) in [6.07, 6.45) is 8.21. The molecule has 1 atom stereocenters.